The molecule has 6 nitrogen and oxygen atoms in total. The monoisotopic (exact) mass is 254 g/mol. The predicted octanol–water partition coefficient (Wildman–Crippen LogP) is 1.02. The van der Waals surface area contributed by atoms with Crippen LogP contribution in [0.5, 0.6) is 0 Å². The molecule has 18 heavy (non-hydrogen) atoms. The van der Waals surface area contributed by atoms with Crippen LogP contribution < -0.4 is 5.56 Å². The molecule has 0 bridgehead atoms. The average Bonchev–Trinajstić information content (AvgIpc) is 2.55. The molecule has 6 heteroatoms. The van der Waals surface area contributed by atoms with Gasteiger partial charge in [-0.2, -0.15) is 4.74 Å². The lowest BCUT2D eigenvalue weighted by Gasteiger charge is -2.17. The maximum absolute atomic E-state index is 12.0. The second kappa shape index (κ2) is 5.29. The zero-order valence-electron chi connectivity index (χ0n) is 10.8. The highest BCUT2D eigenvalue weighted by Crippen LogP contribution is 2.14. The fraction of sp³-hybridized carbons (Fsp3) is 0.667. The summed E-state index contributed by atoms with van der Waals surface area (Å²) in [5, 5.41) is 0. The molecule has 0 saturated heterocycles. The molecular formula is C12H18N2O4. The van der Waals surface area contributed by atoms with Crippen molar-refractivity contribution in [3.05, 3.63) is 21.7 Å². The molecule has 2 rings (SSSR count). The number of ether oxygens (including phenoxy) is 1. The highest BCUT2D eigenvalue weighted by molar-refractivity contribution is 5.67. The summed E-state index contributed by atoms with van der Waals surface area (Å²) >= 11 is 0. The maximum atomic E-state index is 12.0. The van der Waals surface area contributed by atoms with Crippen LogP contribution in [0, 0.1) is 0 Å². The summed E-state index contributed by atoms with van der Waals surface area (Å²) in [6.07, 6.45) is 1.61. The largest absolute Gasteiger partial charge is 0.453 e. The van der Waals surface area contributed by atoms with Gasteiger partial charge in [0.1, 0.15) is 5.76 Å². The van der Waals surface area contributed by atoms with E-state index in [9.17, 15) is 9.59 Å². The van der Waals surface area contributed by atoms with Gasteiger partial charge in [-0.1, -0.05) is 6.92 Å². The Morgan fingerprint density at radius 3 is 2.78 bits per heavy atom. The molecule has 100 valence electrons. The summed E-state index contributed by atoms with van der Waals surface area (Å²) < 4.78 is 11.6. The van der Waals surface area contributed by atoms with Crippen LogP contribution in [0.25, 0.3) is 0 Å². The van der Waals surface area contributed by atoms with Crippen molar-refractivity contribution < 1.29 is 14.1 Å². The number of hydrogen-bond acceptors (Lipinski definition) is 4. The molecule has 0 spiro atoms. The third-order valence-electron chi connectivity index (χ3n) is 3.14. The normalized spacial score (nSPS) is 15.1. The third-order valence-corrected chi connectivity index (χ3v) is 3.14. The Morgan fingerprint density at radius 1 is 1.39 bits per heavy atom. The average molecular weight is 254 g/mol. The molecule has 0 unspecified atom stereocenters. The standard InChI is InChI=1S/C12H18N2O4/c1-3-6-14-11(15)9-4-7-13(12(16)17-2)8-5-10(9)18-14/h3-8H2,1-2H3. The molecule has 0 atom stereocenters. The van der Waals surface area contributed by atoms with Crippen molar-refractivity contribution in [3.63, 3.8) is 0 Å². The number of rotatable bonds is 2. The molecular weight excluding hydrogens is 236 g/mol. The van der Waals surface area contributed by atoms with Gasteiger partial charge in [-0.05, 0) is 12.8 Å². The lowest BCUT2D eigenvalue weighted by Crippen LogP contribution is -2.33. The molecule has 1 amide bonds. The van der Waals surface area contributed by atoms with E-state index in [1.165, 1.54) is 11.8 Å². The van der Waals surface area contributed by atoms with Crippen molar-refractivity contribution in [2.45, 2.75) is 32.7 Å². The summed E-state index contributed by atoms with van der Waals surface area (Å²) in [5.41, 5.74) is 0.647. The van der Waals surface area contributed by atoms with Gasteiger partial charge >= 0.3 is 6.09 Å². The fourth-order valence-corrected chi connectivity index (χ4v) is 2.20. The van der Waals surface area contributed by atoms with Crippen molar-refractivity contribution in [2.24, 2.45) is 0 Å². The zero-order valence-corrected chi connectivity index (χ0v) is 10.8. The van der Waals surface area contributed by atoms with Crippen LogP contribution in [0.4, 0.5) is 4.79 Å². The summed E-state index contributed by atoms with van der Waals surface area (Å²) in [7, 11) is 1.36. The van der Waals surface area contributed by atoms with Gasteiger partial charge in [-0.15, -0.1) is 0 Å². The number of aryl methyl sites for hydroxylation is 1. The zero-order chi connectivity index (χ0) is 13.1. The lowest BCUT2D eigenvalue weighted by molar-refractivity contribution is 0.124. The number of amides is 1. The van der Waals surface area contributed by atoms with E-state index in [4.69, 9.17) is 4.52 Å². The Labute approximate surface area is 105 Å². The van der Waals surface area contributed by atoms with Gasteiger partial charge < -0.3 is 14.2 Å². The van der Waals surface area contributed by atoms with Crippen LogP contribution in [0.15, 0.2) is 9.32 Å². The van der Waals surface area contributed by atoms with Gasteiger partial charge in [-0.25, -0.2) is 4.79 Å². The number of hydrogen-bond donors (Lipinski definition) is 0. The summed E-state index contributed by atoms with van der Waals surface area (Å²) in [4.78, 5) is 25.1. The SMILES string of the molecule is CCCn1oc2c(c1=O)CCN(C(=O)OC)CC2. The Morgan fingerprint density at radius 2 is 2.11 bits per heavy atom. The second-order valence-electron chi connectivity index (χ2n) is 4.36. The second-order valence-corrected chi connectivity index (χ2v) is 4.36. The van der Waals surface area contributed by atoms with Crippen LogP contribution in [0.2, 0.25) is 0 Å². The minimum atomic E-state index is -0.353. The van der Waals surface area contributed by atoms with Crippen molar-refractivity contribution in [3.8, 4) is 0 Å². The number of nitrogens with zero attached hydrogens (tertiary/aromatic N) is 2. The number of carbonyl (C=O) groups excluding carboxylic acids is 1. The smallest absolute Gasteiger partial charge is 0.409 e. The molecule has 0 aliphatic carbocycles. The summed E-state index contributed by atoms with van der Waals surface area (Å²) in [6.45, 7) is 3.63. The van der Waals surface area contributed by atoms with E-state index in [0.29, 0.717) is 43.8 Å². The topological polar surface area (TPSA) is 64.7 Å². The first-order valence-corrected chi connectivity index (χ1v) is 6.22. The minimum absolute atomic E-state index is 0.0569. The Bertz CT molecular complexity index is 489. The molecule has 0 radical (unpaired) electrons. The number of aromatic nitrogens is 1. The first-order chi connectivity index (χ1) is 8.67. The summed E-state index contributed by atoms with van der Waals surface area (Å²) in [6, 6.07) is 0. The Hall–Kier alpha value is -1.72. The fourth-order valence-electron chi connectivity index (χ4n) is 2.20. The molecule has 1 aliphatic heterocycles. The summed E-state index contributed by atoms with van der Waals surface area (Å²) in [5.74, 6) is 0.708. The Kier molecular flexibility index (Phi) is 3.74. The van der Waals surface area contributed by atoms with Crippen LogP contribution in [-0.4, -0.2) is 35.9 Å². The number of carbonyl (C=O) groups is 1. The quantitative estimate of drug-likeness (QED) is 0.790. The maximum Gasteiger partial charge on any atom is 0.409 e. The van der Waals surface area contributed by atoms with Crippen molar-refractivity contribution in [1.82, 2.24) is 9.64 Å². The molecule has 1 aliphatic rings. The van der Waals surface area contributed by atoms with Crippen LogP contribution in [0.1, 0.15) is 24.7 Å². The first-order valence-electron chi connectivity index (χ1n) is 6.22. The van der Waals surface area contributed by atoms with Crippen molar-refractivity contribution >= 4 is 6.09 Å². The lowest BCUT2D eigenvalue weighted by atomic mass is 10.2. The third kappa shape index (κ3) is 2.27. The van der Waals surface area contributed by atoms with E-state index in [-0.39, 0.29) is 11.7 Å². The van der Waals surface area contributed by atoms with Gasteiger partial charge in [0.05, 0.1) is 19.2 Å². The highest BCUT2D eigenvalue weighted by atomic mass is 16.5. The van der Waals surface area contributed by atoms with Crippen molar-refractivity contribution in [1.29, 1.82) is 0 Å². The van der Waals surface area contributed by atoms with Gasteiger partial charge in [0.25, 0.3) is 5.56 Å². The Balaban J connectivity index is 2.18. The highest BCUT2D eigenvalue weighted by Gasteiger charge is 2.24. The van der Waals surface area contributed by atoms with E-state index in [2.05, 4.69) is 4.74 Å². The van der Waals surface area contributed by atoms with E-state index < -0.39 is 0 Å². The van der Waals surface area contributed by atoms with Gasteiger partial charge in [0.2, 0.25) is 0 Å². The first kappa shape index (κ1) is 12.7. The van der Waals surface area contributed by atoms with Gasteiger partial charge in [0.15, 0.2) is 0 Å². The van der Waals surface area contributed by atoms with Crippen LogP contribution in [-0.2, 0) is 24.1 Å². The molecule has 0 saturated carbocycles. The molecule has 2 heterocycles. The molecule has 1 aromatic rings. The van der Waals surface area contributed by atoms with Crippen LogP contribution in [0.3, 0.4) is 0 Å². The van der Waals surface area contributed by atoms with Gasteiger partial charge in [-0.3, -0.25) is 4.79 Å². The molecule has 0 N–H and O–H groups in total. The minimum Gasteiger partial charge on any atom is -0.453 e. The van der Waals surface area contributed by atoms with E-state index >= 15 is 0 Å². The molecule has 0 fully saturated rings. The predicted molar refractivity (Wildman–Crippen MR) is 64.6 cm³/mol. The number of fused-ring (bicyclic) bond motifs is 1. The van der Waals surface area contributed by atoms with Crippen molar-refractivity contribution in [2.75, 3.05) is 20.2 Å². The van der Waals surface area contributed by atoms with E-state index in [0.717, 1.165) is 6.42 Å². The number of methoxy groups -OCH3 is 1. The van der Waals surface area contributed by atoms with Gasteiger partial charge in [0, 0.05) is 19.5 Å². The molecule has 1 aromatic heterocycles. The van der Waals surface area contributed by atoms with E-state index in [1.54, 1.807) is 4.90 Å². The van der Waals surface area contributed by atoms with E-state index in [1.807, 2.05) is 6.92 Å². The molecule has 0 aromatic carbocycles. The van der Waals surface area contributed by atoms with Crippen LogP contribution >= 0.6 is 0 Å².